The van der Waals surface area contributed by atoms with Gasteiger partial charge in [-0.25, -0.2) is 9.82 Å². The maximum atomic E-state index is 13.4. The van der Waals surface area contributed by atoms with Crippen molar-refractivity contribution in [3.63, 3.8) is 0 Å². The number of carbonyl (C=O) groups is 1. The fraction of sp³-hybridized carbons (Fsp3) is 0.111. The van der Waals surface area contributed by atoms with Gasteiger partial charge in [-0.2, -0.15) is 5.10 Å². The summed E-state index contributed by atoms with van der Waals surface area (Å²) in [7, 11) is 3.05. The molecule has 6 nitrogen and oxygen atoms in total. The molecule has 0 spiro atoms. The molecule has 0 aliphatic rings. The van der Waals surface area contributed by atoms with E-state index < -0.39 is 0 Å². The fourth-order valence-corrected chi connectivity index (χ4v) is 3.46. The third-order valence-electron chi connectivity index (χ3n) is 5.16. The molecule has 7 heteroatoms. The summed E-state index contributed by atoms with van der Waals surface area (Å²) in [6.45, 7) is 0.200. The van der Waals surface area contributed by atoms with Crippen LogP contribution < -0.4 is 19.6 Å². The second-order valence-corrected chi connectivity index (χ2v) is 7.43. The number of amides is 1. The summed E-state index contributed by atoms with van der Waals surface area (Å²) < 4.78 is 29.9. The molecule has 4 aromatic carbocycles. The van der Waals surface area contributed by atoms with E-state index >= 15 is 0 Å². The van der Waals surface area contributed by atoms with Crippen LogP contribution in [0.1, 0.15) is 21.5 Å². The highest BCUT2D eigenvalue weighted by Crippen LogP contribution is 2.29. The number of fused-ring (bicyclic) bond motifs is 1. The van der Waals surface area contributed by atoms with E-state index in [1.54, 1.807) is 36.4 Å². The first-order chi connectivity index (χ1) is 16.6. The lowest BCUT2D eigenvalue weighted by Gasteiger charge is -2.11. The molecule has 4 aromatic rings. The molecule has 0 radical (unpaired) electrons. The smallest absolute Gasteiger partial charge is 0.275 e. The zero-order valence-corrected chi connectivity index (χ0v) is 18.7. The Hall–Kier alpha value is -4.39. The highest BCUT2D eigenvalue weighted by atomic mass is 19.1. The number of hydrazone groups is 1. The summed E-state index contributed by atoms with van der Waals surface area (Å²) in [5.74, 6) is 0.758. The molecule has 1 N–H and O–H groups in total. The van der Waals surface area contributed by atoms with Gasteiger partial charge in [0.15, 0.2) is 11.5 Å². The minimum absolute atomic E-state index is 0.200. The Morgan fingerprint density at radius 1 is 0.882 bits per heavy atom. The van der Waals surface area contributed by atoms with E-state index in [2.05, 4.69) is 10.5 Å². The summed E-state index contributed by atoms with van der Waals surface area (Å²) in [5.41, 5.74) is 4.32. The van der Waals surface area contributed by atoms with Crippen LogP contribution in [0.5, 0.6) is 17.2 Å². The third-order valence-corrected chi connectivity index (χ3v) is 5.16. The molecule has 0 bridgehead atoms. The number of nitrogens with zero attached hydrogens (tertiary/aromatic N) is 1. The van der Waals surface area contributed by atoms with Gasteiger partial charge in [-0.3, -0.25) is 4.79 Å². The standard InChI is InChI=1S/C27H23FN2O4/c1-32-25-15-21-8-4-3-7-20(21)14-23(25)27(31)30-29-16-18-10-11-24(26(13-18)33-2)34-17-19-6-5-9-22(28)12-19/h3-16H,17H2,1-2H3,(H,30,31)/b29-16-. The van der Waals surface area contributed by atoms with Gasteiger partial charge < -0.3 is 14.2 Å². The molecule has 0 heterocycles. The molecule has 4 rings (SSSR count). The Bertz CT molecular complexity index is 1350. The Kier molecular flexibility index (Phi) is 7.03. The predicted octanol–water partition coefficient (Wildman–Crippen LogP) is 5.34. The first-order valence-corrected chi connectivity index (χ1v) is 10.5. The number of halogens is 1. The Morgan fingerprint density at radius 3 is 2.38 bits per heavy atom. The normalized spacial score (nSPS) is 10.9. The predicted molar refractivity (Wildman–Crippen MR) is 129 cm³/mol. The fourth-order valence-electron chi connectivity index (χ4n) is 3.46. The van der Waals surface area contributed by atoms with Gasteiger partial charge in [0.05, 0.1) is 26.0 Å². The number of nitrogens with one attached hydrogen (secondary N) is 1. The number of ether oxygens (including phenoxy) is 3. The summed E-state index contributed by atoms with van der Waals surface area (Å²) in [4.78, 5) is 12.7. The second kappa shape index (κ2) is 10.5. The molecule has 0 saturated carbocycles. The highest BCUT2D eigenvalue weighted by Gasteiger charge is 2.13. The van der Waals surface area contributed by atoms with Crippen LogP contribution >= 0.6 is 0 Å². The van der Waals surface area contributed by atoms with Crippen molar-refractivity contribution >= 4 is 22.9 Å². The molecule has 0 unspecified atom stereocenters. The number of methoxy groups -OCH3 is 2. The molecular weight excluding hydrogens is 435 g/mol. The van der Waals surface area contributed by atoms with Gasteiger partial charge in [0.1, 0.15) is 18.2 Å². The van der Waals surface area contributed by atoms with Crippen LogP contribution in [0.3, 0.4) is 0 Å². The number of hydrogen-bond donors (Lipinski definition) is 1. The van der Waals surface area contributed by atoms with Crippen molar-refractivity contribution in [2.45, 2.75) is 6.61 Å². The van der Waals surface area contributed by atoms with Crippen molar-refractivity contribution in [3.8, 4) is 17.2 Å². The number of benzene rings is 4. The first kappa shape index (κ1) is 22.8. The van der Waals surface area contributed by atoms with Crippen molar-refractivity contribution in [2.24, 2.45) is 5.10 Å². The zero-order valence-electron chi connectivity index (χ0n) is 18.7. The highest BCUT2D eigenvalue weighted by molar-refractivity contribution is 6.02. The number of carbonyl (C=O) groups excluding carboxylic acids is 1. The van der Waals surface area contributed by atoms with Gasteiger partial charge in [0.2, 0.25) is 0 Å². The van der Waals surface area contributed by atoms with Crippen LogP contribution in [-0.4, -0.2) is 26.3 Å². The maximum absolute atomic E-state index is 13.4. The van der Waals surface area contributed by atoms with E-state index in [1.165, 1.54) is 32.6 Å². The number of rotatable bonds is 8. The van der Waals surface area contributed by atoms with Crippen LogP contribution in [0.15, 0.2) is 84.0 Å². The average molecular weight is 458 g/mol. The van der Waals surface area contributed by atoms with Crippen LogP contribution in [0.4, 0.5) is 4.39 Å². The molecule has 1 amide bonds. The lowest BCUT2D eigenvalue weighted by atomic mass is 10.1. The Balaban J connectivity index is 1.44. The molecule has 0 aliphatic carbocycles. The van der Waals surface area contributed by atoms with Crippen LogP contribution in [0.2, 0.25) is 0 Å². The largest absolute Gasteiger partial charge is 0.496 e. The summed E-state index contributed by atoms with van der Waals surface area (Å²) >= 11 is 0. The van der Waals surface area contributed by atoms with Crippen molar-refractivity contribution in [1.29, 1.82) is 0 Å². The Labute approximate surface area is 196 Å². The van der Waals surface area contributed by atoms with Crippen LogP contribution in [0, 0.1) is 5.82 Å². The topological polar surface area (TPSA) is 69.2 Å². The molecule has 34 heavy (non-hydrogen) atoms. The molecule has 172 valence electrons. The van der Waals surface area contributed by atoms with Gasteiger partial charge in [0.25, 0.3) is 5.91 Å². The summed E-state index contributed by atoms with van der Waals surface area (Å²) in [6.07, 6.45) is 1.50. The quantitative estimate of drug-likeness (QED) is 0.286. The van der Waals surface area contributed by atoms with Gasteiger partial charge in [-0.15, -0.1) is 0 Å². The van der Waals surface area contributed by atoms with Crippen molar-refractivity contribution < 1.29 is 23.4 Å². The minimum Gasteiger partial charge on any atom is -0.496 e. The first-order valence-electron chi connectivity index (χ1n) is 10.5. The average Bonchev–Trinajstić information content (AvgIpc) is 2.86. The third kappa shape index (κ3) is 5.32. The lowest BCUT2D eigenvalue weighted by Crippen LogP contribution is -2.18. The van der Waals surface area contributed by atoms with Crippen molar-refractivity contribution in [2.75, 3.05) is 14.2 Å². The SMILES string of the molecule is COc1cc(/C=N\NC(=O)c2cc3ccccc3cc2OC)ccc1OCc1cccc(F)c1. The van der Waals surface area contributed by atoms with E-state index in [0.717, 1.165) is 10.8 Å². The van der Waals surface area contributed by atoms with E-state index in [1.807, 2.05) is 30.3 Å². The van der Waals surface area contributed by atoms with Crippen LogP contribution in [0.25, 0.3) is 10.8 Å². The lowest BCUT2D eigenvalue weighted by molar-refractivity contribution is 0.0952. The van der Waals surface area contributed by atoms with Crippen molar-refractivity contribution in [3.05, 3.63) is 101 Å². The molecule has 0 saturated heterocycles. The maximum Gasteiger partial charge on any atom is 0.275 e. The zero-order chi connectivity index (χ0) is 23.9. The minimum atomic E-state index is -0.388. The molecule has 0 aromatic heterocycles. The molecular formula is C27H23FN2O4. The van der Waals surface area contributed by atoms with E-state index in [-0.39, 0.29) is 18.3 Å². The van der Waals surface area contributed by atoms with Crippen LogP contribution in [-0.2, 0) is 6.61 Å². The monoisotopic (exact) mass is 458 g/mol. The van der Waals surface area contributed by atoms with E-state index in [4.69, 9.17) is 14.2 Å². The van der Waals surface area contributed by atoms with Gasteiger partial charge in [0, 0.05) is 0 Å². The number of hydrogen-bond acceptors (Lipinski definition) is 5. The molecule has 0 aliphatic heterocycles. The van der Waals surface area contributed by atoms with Gasteiger partial charge >= 0.3 is 0 Å². The van der Waals surface area contributed by atoms with E-state index in [9.17, 15) is 9.18 Å². The molecule has 0 atom stereocenters. The Morgan fingerprint density at radius 2 is 1.65 bits per heavy atom. The second-order valence-electron chi connectivity index (χ2n) is 7.43. The summed E-state index contributed by atoms with van der Waals surface area (Å²) in [6, 6.07) is 22.8. The van der Waals surface area contributed by atoms with Crippen molar-refractivity contribution in [1.82, 2.24) is 5.43 Å². The van der Waals surface area contributed by atoms with E-state index in [0.29, 0.717) is 33.9 Å². The summed E-state index contributed by atoms with van der Waals surface area (Å²) in [5, 5.41) is 5.97. The molecule has 0 fully saturated rings. The van der Waals surface area contributed by atoms with Gasteiger partial charge in [-0.1, -0.05) is 36.4 Å². The van der Waals surface area contributed by atoms with Gasteiger partial charge in [-0.05, 0) is 64.4 Å².